The van der Waals surface area contributed by atoms with E-state index in [0.29, 0.717) is 6.10 Å². The second-order valence-electron chi connectivity index (χ2n) is 5.31. The summed E-state index contributed by atoms with van der Waals surface area (Å²) in [5.74, 6) is 1.63. The number of methoxy groups -OCH3 is 1. The molecule has 2 aliphatic carbocycles. The van der Waals surface area contributed by atoms with Crippen LogP contribution in [-0.4, -0.2) is 13.2 Å². The van der Waals surface area contributed by atoms with Crippen molar-refractivity contribution in [2.75, 3.05) is 7.11 Å². The average Bonchev–Trinajstić information content (AvgIpc) is 3.03. The Morgan fingerprint density at radius 1 is 1.33 bits per heavy atom. The lowest BCUT2D eigenvalue weighted by Gasteiger charge is -2.29. The number of benzene rings is 1. The molecule has 2 fully saturated rings. The summed E-state index contributed by atoms with van der Waals surface area (Å²) in [4.78, 5) is 0. The largest absolute Gasteiger partial charge is 0.493 e. The first-order valence-corrected chi connectivity index (χ1v) is 7.25. The van der Waals surface area contributed by atoms with Crippen LogP contribution in [0.3, 0.4) is 0 Å². The highest BCUT2D eigenvalue weighted by Gasteiger charge is 2.43. The molecule has 0 heterocycles. The molecule has 0 aromatic heterocycles. The Kier molecular flexibility index (Phi) is 3.02. The van der Waals surface area contributed by atoms with E-state index >= 15 is 0 Å². The molecule has 2 N–H and O–H groups in total. The third kappa shape index (κ3) is 2.12. The third-order valence-electron chi connectivity index (χ3n) is 3.90. The number of halogens is 1. The minimum absolute atomic E-state index is 0.212. The molecule has 1 aromatic rings. The second kappa shape index (κ2) is 4.42. The van der Waals surface area contributed by atoms with Crippen molar-refractivity contribution in [1.82, 2.24) is 0 Å². The quantitative estimate of drug-likeness (QED) is 0.927. The predicted molar refractivity (Wildman–Crippen MR) is 74.1 cm³/mol. The Balaban J connectivity index is 2.00. The standard InChI is InChI=1S/C14H18BrNO2/c1-17-12-8-9(15)7-11(14(16)5-6-14)13(12)18-10-3-2-4-10/h7-8,10H,2-6,16H2,1H3. The number of rotatable bonds is 4. The van der Waals surface area contributed by atoms with E-state index in [2.05, 4.69) is 22.0 Å². The molecule has 0 aliphatic heterocycles. The lowest BCUT2D eigenvalue weighted by molar-refractivity contribution is 0.114. The zero-order chi connectivity index (χ0) is 12.8. The highest BCUT2D eigenvalue weighted by Crippen LogP contribution is 2.51. The molecule has 2 saturated carbocycles. The lowest BCUT2D eigenvalue weighted by Crippen LogP contribution is -2.27. The summed E-state index contributed by atoms with van der Waals surface area (Å²) in [5, 5.41) is 0. The molecule has 0 unspecified atom stereocenters. The molecule has 0 atom stereocenters. The summed E-state index contributed by atoms with van der Waals surface area (Å²) >= 11 is 3.51. The van der Waals surface area contributed by atoms with Gasteiger partial charge in [0.1, 0.15) is 0 Å². The van der Waals surface area contributed by atoms with Gasteiger partial charge in [-0.25, -0.2) is 0 Å². The van der Waals surface area contributed by atoms with Crippen LogP contribution in [0, 0.1) is 0 Å². The SMILES string of the molecule is COc1cc(Br)cc(C2(N)CC2)c1OC1CCC1. The third-order valence-corrected chi connectivity index (χ3v) is 4.36. The van der Waals surface area contributed by atoms with Crippen LogP contribution in [0.2, 0.25) is 0 Å². The van der Waals surface area contributed by atoms with Crippen molar-refractivity contribution >= 4 is 15.9 Å². The fraction of sp³-hybridized carbons (Fsp3) is 0.571. The maximum Gasteiger partial charge on any atom is 0.166 e. The molecule has 0 spiro atoms. The van der Waals surface area contributed by atoms with Gasteiger partial charge in [-0.1, -0.05) is 15.9 Å². The van der Waals surface area contributed by atoms with Gasteiger partial charge in [0.25, 0.3) is 0 Å². The molecule has 3 rings (SSSR count). The lowest BCUT2D eigenvalue weighted by atomic mass is 9.95. The first-order chi connectivity index (χ1) is 8.62. The molecule has 0 bridgehead atoms. The molecular formula is C14H18BrNO2. The molecule has 0 amide bonds. The zero-order valence-corrected chi connectivity index (χ0v) is 12.1. The highest BCUT2D eigenvalue weighted by atomic mass is 79.9. The van der Waals surface area contributed by atoms with Crippen molar-refractivity contribution in [1.29, 1.82) is 0 Å². The fourth-order valence-corrected chi connectivity index (χ4v) is 2.71. The van der Waals surface area contributed by atoms with E-state index < -0.39 is 0 Å². The van der Waals surface area contributed by atoms with Crippen molar-refractivity contribution in [2.24, 2.45) is 5.73 Å². The summed E-state index contributed by atoms with van der Waals surface area (Å²) in [6.45, 7) is 0. The topological polar surface area (TPSA) is 44.5 Å². The average molecular weight is 312 g/mol. The Hall–Kier alpha value is -0.740. The van der Waals surface area contributed by atoms with E-state index in [1.807, 2.05) is 6.07 Å². The van der Waals surface area contributed by atoms with Gasteiger partial charge in [-0.2, -0.15) is 0 Å². The van der Waals surface area contributed by atoms with Crippen molar-refractivity contribution in [2.45, 2.75) is 43.7 Å². The van der Waals surface area contributed by atoms with Crippen molar-refractivity contribution in [3.05, 3.63) is 22.2 Å². The summed E-state index contributed by atoms with van der Waals surface area (Å²) in [6, 6.07) is 4.02. The smallest absolute Gasteiger partial charge is 0.166 e. The predicted octanol–water partition coefficient (Wildman–Crippen LogP) is 3.34. The van der Waals surface area contributed by atoms with E-state index in [1.165, 1.54) is 6.42 Å². The molecule has 0 saturated heterocycles. The van der Waals surface area contributed by atoms with Gasteiger partial charge in [-0.05, 0) is 44.2 Å². The Morgan fingerprint density at radius 3 is 2.56 bits per heavy atom. The fourth-order valence-electron chi connectivity index (χ4n) is 2.27. The van der Waals surface area contributed by atoms with Crippen molar-refractivity contribution in [3.8, 4) is 11.5 Å². The minimum Gasteiger partial charge on any atom is -0.493 e. The van der Waals surface area contributed by atoms with Gasteiger partial charge in [-0.15, -0.1) is 0 Å². The maximum atomic E-state index is 6.34. The van der Waals surface area contributed by atoms with E-state index in [4.69, 9.17) is 15.2 Å². The van der Waals surface area contributed by atoms with Gasteiger partial charge in [-0.3, -0.25) is 0 Å². The molecule has 3 nitrogen and oxygen atoms in total. The summed E-state index contributed by atoms with van der Waals surface area (Å²) in [6.07, 6.45) is 5.90. The monoisotopic (exact) mass is 311 g/mol. The second-order valence-corrected chi connectivity index (χ2v) is 6.23. The summed E-state index contributed by atoms with van der Waals surface area (Å²) < 4.78 is 12.5. The van der Waals surface area contributed by atoms with Crippen molar-refractivity contribution < 1.29 is 9.47 Å². The highest BCUT2D eigenvalue weighted by molar-refractivity contribution is 9.10. The van der Waals surface area contributed by atoms with Crippen molar-refractivity contribution in [3.63, 3.8) is 0 Å². The van der Waals surface area contributed by atoms with Gasteiger partial charge < -0.3 is 15.2 Å². The van der Waals surface area contributed by atoms with Gasteiger partial charge in [0, 0.05) is 15.6 Å². The molecule has 18 heavy (non-hydrogen) atoms. The van der Waals surface area contributed by atoms with Crippen LogP contribution >= 0.6 is 15.9 Å². The first kappa shape index (κ1) is 12.3. The number of hydrogen-bond acceptors (Lipinski definition) is 3. The van der Waals surface area contributed by atoms with Crippen LogP contribution < -0.4 is 15.2 Å². The van der Waals surface area contributed by atoms with Gasteiger partial charge in [0.2, 0.25) is 0 Å². The molecule has 4 heteroatoms. The van der Waals surface area contributed by atoms with Crippen LogP contribution in [-0.2, 0) is 5.54 Å². The van der Waals surface area contributed by atoms with E-state index in [1.54, 1.807) is 7.11 Å². The van der Waals surface area contributed by atoms with Gasteiger partial charge >= 0.3 is 0 Å². The van der Waals surface area contributed by atoms with Gasteiger partial charge in [0.15, 0.2) is 11.5 Å². The zero-order valence-electron chi connectivity index (χ0n) is 10.5. The maximum absolute atomic E-state index is 6.34. The van der Waals surface area contributed by atoms with E-state index in [0.717, 1.165) is 47.2 Å². The Labute approximate surface area is 116 Å². The molecule has 2 aliphatic rings. The molecule has 1 aromatic carbocycles. The Bertz CT molecular complexity index is 467. The minimum atomic E-state index is -0.212. The number of ether oxygens (including phenoxy) is 2. The molecule has 0 radical (unpaired) electrons. The number of hydrogen-bond donors (Lipinski definition) is 1. The van der Waals surface area contributed by atoms with Crippen LogP contribution in [0.5, 0.6) is 11.5 Å². The van der Waals surface area contributed by atoms with Crippen LogP contribution in [0.25, 0.3) is 0 Å². The van der Waals surface area contributed by atoms with Crippen LogP contribution in [0.15, 0.2) is 16.6 Å². The van der Waals surface area contributed by atoms with Gasteiger partial charge in [0.05, 0.1) is 13.2 Å². The Morgan fingerprint density at radius 2 is 2.06 bits per heavy atom. The van der Waals surface area contributed by atoms with Crippen LogP contribution in [0.1, 0.15) is 37.7 Å². The van der Waals surface area contributed by atoms with Crippen LogP contribution in [0.4, 0.5) is 0 Å². The number of nitrogens with two attached hydrogens (primary N) is 1. The molecule has 98 valence electrons. The molecular weight excluding hydrogens is 294 g/mol. The first-order valence-electron chi connectivity index (χ1n) is 6.46. The van der Waals surface area contributed by atoms with E-state index in [9.17, 15) is 0 Å². The summed E-state index contributed by atoms with van der Waals surface area (Å²) in [5.41, 5.74) is 7.21. The normalized spacial score (nSPS) is 21.3. The summed E-state index contributed by atoms with van der Waals surface area (Å²) in [7, 11) is 1.68. The van der Waals surface area contributed by atoms with E-state index in [-0.39, 0.29) is 5.54 Å².